The van der Waals surface area contributed by atoms with E-state index in [-0.39, 0.29) is 24.6 Å². The molecule has 2 aromatic rings. The number of sulfonamides is 1. The first-order valence-corrected chi connectivity index (χ1v) is 11.6. The van der Waals surface area contributed by atoms with E-state index in [0.29, 0.717) is 35.7 Å². The molecule has 1 amide bonds. The van der Waals surface area contributed by atoms with Gasteiger partial charge in [-0.05, 0) is 31.9 Å². The Hall–Kier alpha value is -2.17. The standard InChI is InChI=1S/C18H22N2O6S2/c1-3-25-18(22)15-13(14-7-5-9-26-14)11-27-17(15)19-16(21)12-6-4-8-20(10-12)28(2,23)24/h5,7,9,11-12H,3-4,6,8,10H2,1-2H3,(H,19,21). The van der Waals surface area contributed by atoms with Crippen molar-refractivity contribution in [2.24, 2.45) is 5.92 Å². The smallest absolute Gasteiger partial charge is 0.341 e. The molecule has 2 aromatic heterocycles. The molecule has 0 spiro atoms. The van der Waals surface area contributed by atoms with Crippen LogP contribution >= 0.6 is 11.3 Å². The summed E-state index contributed by atoms with van der Waals surface area (Å²) in [4.78, 5) is 25.3. The van der Waals surface area contributed by atoms with E-state index >= 15 is 0 Å². The number of rotatable bonds is 6. The first-order valence-electron chi connectivity index (χ1n) is 8.89. The summed E-state index contributed by atoms with van der Waals surface area (Å²) in [5.74, 6) is -0.841. The van der Waals surface area contributed by atoms with Crippen molar-refractivity contribution in [3.8, 4) is 11.3 Å². The minimum absolute atomic E-state index is 0.135. The lowest BCUT2D eigenvalue weighted by Gasteiger charge is -2.30. The van der Waals surface area contributed by atoms with Gasteiger partial charge in [0.2, 0.25) is 15.9 Å². The molecular weight excluding hydrogens is 404 g/mol. The highest BCUT2D eigenvalue weighted by Gasteiger charge is 2.32. The van der Waals surface area contributed by atoms with Crippen molar-refractivity contribution in [1.29, 1.82) is 0 Å². The maximum Gasteiger partial charge on any atom is 0.341 e. The maximum absolute atomic E-state index is 12.8. The van der Waals surface area contributed by atoms with E-state index in [2.05, 4.69) is 5.32 Å². The van der Waals surface area contributed by atoms with Crippen LogP contribution in [0.2, 0.25) is 0 Å². The molecule has 10 heteroatoms. The number of piperidine rings is 1. The van der Waals surface area contributed by atoms with Crippen LogP contribution in [0.15, 0.2) is 28.2 Å². The van der Waals surface area contributed by atoms with Crippen molar-refractivity contribution in [3.05, 3.63) is 29.3 Å². The summed E-state index contributed by atoms with van der Waals surface area (Å²) in [6, 6.07) is 3.43. The fourth-order valence-electron chi connectivity index (χ4n) is 3.14. The largest absolute Gasteiger partial charge is 0.464 e. The van der Waals surface area contributed by atoms with Gasteiger partial charge in [0, 0.05) is 24.0 Å². The maximum atomic E-state index is 12.8. The Labute approximate surface area is 167 Å². The average molecular weight is 427 g/mol. The van der Waals surface area contributed by atoms with Crippen LogP contribution in [-0.4, -0.2) is 50.6 Å². The average Bonchev–Trinajstić information content (AvgIpc) is 3.30. The van der Waals surface area contributed by atoms with Crippen LogP contribution in [0.3, 0.4) is 0 Å². The highest BCUT2D eigenvalue weighted by atomic mass is 32.2. The van der Waals surface area contributed by atoms with E-state index < -0.39 is 21.9 Å². The van der Waals surface area contributed by atoms with Crippen LogP contribution in [0.1, 0.15) is 30.1 Å². The first kappa shape index (κ1) is 20.6. The molecule has 0 aliphatic carbocycles. The van der Waals surface area contributed by atoms with Crippen LogP contribution in [0.25, 0.3) is 11.3 Å². The number of thiophene rings is 1. The van der Waals surface area contributed by atoms with Gasteiger partial charge in [0.25, 0.3) is 0 Å². The van der Waals surface area contributed by atoms with Crippen molar-refractivity contribution in [1.82, 2.24) is 4.31 Å². The lowest BCUT2D eigenvalue weighted by molar-refractivity contribution is -0.120. The number of ether oxygens (including phenoxy) is 1. The summed E-state index contributed by atoms with van der Waals surface area (Å²) in [6.07, 6.45) is 3.84. The van der Waals surface area contributed by atoms with Crippen LogP contribution in [0, 0.1) is 5.92 Å². The molecule has 0 bridgehead atoms. The number of amides is 1. The molecule has 1 unspecified atom stereocenters. The first-order chi connectivity index (χ1) is 13.3. The predicted octanol–water partition coefficient (Wildman–Crippen LogP) is 2.79. The molecule has 28 heavy (non-hydrogen) atoms. The molecule has 0 saturated carbocycles. The van der Waals surface area contributed by atoms with E-state index in [9.17, 15) is 18.0 Å². The van der Waals surface area contributed by atoms with Gasteiger partial charge in [0.1, 0.15) is 16.3 Å². The van der Waals surface area contributed by atoms with Crippen molar-refractivity contribution < 1.29 is 27.2 Å². The second-order valence-corrected chi connectivity index (χ2v) is 9.36. The number of nitrogens with one attached hydrogen (secondary N) is 1. The Morgan fingerprint density at radius 3 is 2.86 bits per heavy atom. The zero-order chi connectivity index (χ0) is 20.3. The zero-order valence-electron chi connectivity index (χ0n) is 15.6. The zero-order valence-corrected chi connectivity index (χ0v) is 17.3. The quantitative estimate of drug-likeness (QED) is 0.712. The molecule has 1 atom stereocenters. The predicted molar refractivity (Wildman–Crippen MR) is 106 cm³/mol. The van der Waals surface area contributed by atoms with Gasteiger partial charge in [-0.3, -0.25) is 4.79 Å². The van der Waals surface area contributed by atoms with Crippen molar-refractivity contribution >= 4 is 38.2 Å². The highest BCUT2D eigenvalue weighted by Crippen LogP contribution is 2.37. The van der Waals surface area contributed by atoms with E-state index in [4.69, 9.17) is 9.15 Å². The Morgan fingerprint density at radius 2 is 2.21 bits per heavy atom. The van der Waals surface area contributed by atoms with Crippen molar-refractivity contribution in [2.75, 3.05) is 31.3 Å². The molecule has 3 heterocycles. The molecule has 3 rings (SSSR count). The van der Waals surface area contributed by atoms with E-state index in [1.807, 2.05) is 0 Å². The third-order valence-electron chi connectivity index (χ3n) is 4.52. The third kappa shape index (κ3) is 4.45. The van der Waals surface area contributed by atoms with Gasteiger partial charge in [0.15, 0.2) is 0 Å². The molecule has 0 radical (unpaired) electrons. The number of hydrogen-bond donors (Lipinski definition) is 1. The van der Waals surface area contributed by atoms with Gasteiger partial charge in [-0.25, -0.2) is 17.5 Å². The minimum Gasteiger partial charge on any atom is -0.464 e. The summed E-state index contributed by atoms with van der Waals surface area (Å²) in [5, 5.41) is 4.88. The van der Waals surface area contributed by atoms with E-state index in [1.54, 1.807) is 24.4 Å². The molecule has 152 valence electrons. The monoisotopic (exact) mass is 426 g/mol. The lowest BCUT2D eigenvalue weighted by atomic mass is 9.99. The molecule has 8 nitrogen and oxygen atoms in total. The Kier molecular flexibility index (Phi) is 6.21. The van der Waals surface area contributed by atoms with Gasteiger partial charge < -0.3 is 14.5 Å². The molecule has 1 saturated heterocycles. The van der Waals surface area contributed by atoms with Crippen molar-refractivity contribution in [2.45, 2.75) is 19.8 Å². The number of hydrogen-bond acceptors (Lipinski definition) is 7. The summed E-state index contributed by atoms with van der Waals surface area (Å²) < 4.78 is 35.4. The van der Waals surface area contributed by atoms with Gasteiger partial charge in [-0.15, -0.1) is 11.3 Å². The van der Waals surface area contributed by atoms with Crippen LogP contribution in [-0.2, 0) is 19.6 Å². The molecule has 1 N–H and O–H groups in total. The Morgan fingerprint density at radius 1 is 1.43 bits per heavy atom. The van der Waals surface area contributed by atoms with E-state index in [0.717, 1.165) is 6.26 Å². The molecule has 1 aliphatic heterocycles. The number of furan rings is 1. The molecule has 1 fully saturated rings. The van der Waals surface area contributed by atoms with Gasteiger partial charge in [-0.2, -0.15) is 0 Å². The number of anilines is 1. The molecular formula is C18H22N2O6S2. The summed E-state index contributed by atoms with van der Waals surface area (Å²) >= 11 is 1.20. The Balaban J connectivity index is 1.83. The summed E-state index contributed by atoms with van der Waals surface area (Å²) in [5.41, 5.74) is 0.788. The topological polar surface area (TPSA) is 106 Å². The number of carbonyl (C=O) groups excluding carboxylic acids is 2. The highest BCUT2D eigenvalue weighted by molar-refractivity contribution is 7.88. The summed E-state index contributed by atoms with van der Waals surface area (Å²) in [7, 11) is -3.35. The van der Waals surface area contributed by atoms with Gasteiger partial charge in [0.05, 0.1) is 25.0 Å². The van der Waals surface area contributed by atoms with Crippen LogP contribution in [0.4, 0.5) is 5.00 Å². The third-order valence-corrected chi connectivity index (χ3v) is 6.68. The fraction of sp³-hybridized carbons (Fsp3) is 0.444. The van der Waals surface area contributed by atoms with Gasteiger partial charge in [-0.1, -0.05) is 0 Å². The molecule has 1 aliphatic rings. The second kappa shape index (κ2) is 8.46. The normalized spacial score (nSPS) is 18.0. The lowest BCUT2D eigenvalue weighted by Crippen LogP contribution is -2.43. The van der Waals surface area contributed by atoms with Crippen LogP contribution in [0.5, 0.6) is 0 Å². The fourth-order valence-corrected chi connectivity index (χ4v) is 4.99. The minimum atomic E-state index is -3.35. The van der Waals surface area contributed by atoms with Crippen LogP contribution < -0.4 is 5.32 Å². The number of esters is 1. The second-order valence-electron chi connectivity index (χ2n) is 6.50. The van der Waals surface area contributed by atoms with E-state index in [1.165, 1.54) is 21.9 Å². The number of carbonyl (C=O) groups is 2. The van der Waals surface area contributed by atoms with Crippen molar-refractivity contribution in [3.63, 3.8) is 0 Å². The Bertz CT molecular complexity index is 949. The molecule has 0 aromatic carbocycles. The SMILES string of the molecule is CCOC(=O)c1c(-c2ccco2)csc1NC(=O)C1CCCN(S(C)(=O)=O)C1. The summed E-state index contributed by atoms with van der Waals surface area (Å²) in [6.45, 7) is 2.46. The number of nitrogens with zero attached hydrogens (tertiary/aromatic N) is 1. The van der Waals surface area contributed by atoms with Gasteiger partial charge >= 0.3 is 5.97 Å².